The van der Waals surface area contributed by atoms with Crippen molar-refractivity contribution in [1.29, 1.82) is 0 Å². The zero-order chi connectivity index (χ0) is 17.1. The highest BCUT2D eigenvalue weighted by Crippen LogP contribution is 2.27. The number of likely N-dealkylation sites (tertiary alicyclic amines) is 2. The fraction of sp³-hybridized carbons (Fsp3) is 0.556. The molecule has 2 saturated heterocycles. The van der Waals surface area contributed by atoms with Gasteiger partial charge < -0.3 is 15.4 Å². The smallest absolute Gasteiger partial charge is 0.257 e. The summed E-state index contributed by atoms with van der Waals surface area (Å²) in [5.41, 5.74) is 6.13. The lowest BCUT2D eigenvalue weighted by molar-refractivity contribution is -0.123. The van der Waals surface area contributed by atoms with Crippen molar-refractivity contribution in [1.82, 2.24) is 9.80 Å². The van der Waals surface area contributed by atoms with Gasteiger partial charge in [0.15, 0.2) is 0 Å². The van der Waals surface area contributed by atoms with Crippen molar-refractivity contribution in [2.24, 2.45) is 5.73 Å². The summed E-state index contributed by atoms with van der Waals surface area (Å²) < 4.78 is 5.29. The van der Waals surface area contributed by atoms with Crippen molar-refractivity contribution < 1.29 is 14.3 Å². The number of para-hydroxylation sites is 1. The van der Waals surface area contributed by atoms with Gasteiger partial charge in [0, 0.05) is 19.1 Å². The first-order valence-electron chi connectivity index (χ1n) is 8.59. The number of nitrogens with zero attached hydrogens (tertiary/aromatic N) is 2. The third kappa shape index (κ3) is 3.24. The van der Waals surface area contributed by atoms with Crippen LogP contribution in [0.3, 0.4) is 0 Å². The van der Waals surface area contributed by atoms with Crippen molar-refractivity contribution in [3.05, 3.63) is 29.8 Å². The maximum Gasteiger partial charge on any atom is 0.257 e. The van der Waals surface area contributed by atoms with Crippen molar-refractivity contribution in [3.8, 4) is 5.75 Å². The summed E-state index contributed by atoms with van der Waals surface area (Å²) in [5.74, 6) is 0.400. The number of methoxy groups -OCH3 is 1. The van der Waals surface area contributed by atoms with Gasteiger partial charge in [-0.25, -0.2) is 0 Å². The van der Waals surface area contributed by atoms with E-state index in [1.54, 1.807) is 13.2 Å². The average Bonchev–Trinajstić information content (AvgIpc) is 3.11. The summed E-state index contributed by atoms with van der Waals surface area (Å²) in [7, 11) is 1.58. The lowest BCUT2D eigenvalue weighted by Crippen LogP contribution is -2.51. The van der Waals surface area contributed by atoms with Gasteiger partial charge in [-0.15, -0.1) is 0 Å². The SMILES string of the molecule is COc1ccccc1C(=O)N1CCC(N2CCC[C@H]2C(N)=O)CC1. The molecule has 2 aliphatic heterocycles. The molecular weight excluding hydrogens is 306 g/mol. The summed E-state index contributed by atoms with van der Waals surface area (Å²) in [6.45, 7) is 2.33. The molecule has 1 aromatic rings. The number of primary amides is 1. The van der Waals surface area contributed by atoms with Gasteiger partial charge in [0.05, 0.1) is 18.7 Å². The van der Waals surface area contributed by atoms with E-state index in [0.717, 1.165) is 32.2 Å². The molecule has 1 atom stereocenters. The van der Waals surface area contributed by atoms with E-state index in [4.69, 9.17) is 10.5 Å². The van der Waals surface area contributed by atoms with Crippen molar-refractivity contribution >= 4 is 11.8 Å². The average molecular weight is 331 g/mol. The second-order valence-electron chi connectivity index (χ2n) is 6.52. The van der Waals surface area contributed by atoms with Crippen LogP contribution >= 0.6 is 0 Å². The van der Waals surface area contributed by atoms with E-state index in [0.29, 0.717) is 30.4 Å². The predicted octanol–water partition coefficient (Wildman–Crippen LogP) is 1.25. The molecule has 0 bridgehead atoms. The minimum absolute atomic E-state index is 0.0128. The zero-order valence-electron chi connectivity index (χ0n) is 14.1. The van der Waals surface area contributed by atoms with Crippen LogP contribution in [0.4, 0.5) is 0 Å². The molecule has 1 aromatic carbocycles. The number of ether oxygens (including phenoxy) is 1. The summed E-state index contributed by atoms with van der Waals surface area (Å²) in [6.07, 6.45) is 3.64. The summed E-state index contributed by atoms with van der Waals surface area (Å²) in [4.78, 5) is 28.4. The van der Waals surface area contributed by atoms with Crippen LogP contribution in [0.5, 0.6) is 5.75 Å². The fourth-order valence-corrected chi connectivity index (χ4v) is 3.92. The Morgan fingerprint density at radius 3 is 2.50 bits per heavy atom. The van der Waals surface area contributed by atoms with Gasteiger partial charge in [-0.05, 0) is 44.4 Å². The fourth-order valence-electron chi connectivity index (χ4n) is 3.92. The second-order valence-corrected chi connectivity index (χ2v) is 6.52. The number of piperidine rings is 1. The Hall–Kier alpha value is -2.08. The number of benzene rings is 1. The Morgan fingerprint density at radius 2 is 1.83 bits per heavy atom. The third-order valence-corrected chi connectivity index (χ3v) is 5.18. The molecule has 2 amide bonds. The van der Waals surface area contributed by atoms with Gasteiger partial charge >= 0.3 is 0 Å². The van der Waals surface area contributed by atoms with E-state index in [-0.39, 0.29) is 17.9 Å². The lowest BCUT2D eigenvalue weighted by atomic mass is 10.0. The highest BCUT2D eigenvalue weighted by atomic mass is 16.5. The number of amides is 2. The Balaban J connectivity index is 1.63. The summed E-state index contributed by atoms with van der Waals surface area (Å²) in [5, 5.41) is 0. The number of nitrogens with two attached hydrogens (primary N) is 1. The van der Waals surface area contributed by atoms with Gasteiger partial charge in [0.25, 0.3) is 5.91 Å². The molecule has 0 unspecified atom stereocenters. The lowest BCUT2D eigenvalue weighted by Gasteiger charge is -2.38. The van der Waals surface area contributed by atoms with Crippen LogP contribution in [0.25, 0.3) is 0 Å². The van der Waals surface area contributed by atoms with Crippen molar-refractivity contribution in [2.45, 2.75) is 37.8 Å². The molecule has 0 radical (unpaired) electrons. The third-order valence-electron chi connectivity index (χ3n) is 5.18. The molecule has 24 heavy (non-hydrogen) atoms. The molecule has 6 nitrogen and oxygen atoms in total. The van der Waals surface area contributed by atoms with Gasteiger partial charge in [-0.1, -0.05) is 12.1 Å². The molecule has 3 rings (SSSR count). The zero-order valence-corrected chi connectivity index (χ0v) is 14.1. The van der Waals surface area contributed by atoms with Crippen LogP contribution in [-0.4, -0.2) is 60.4 Å². The van der Waals surface area contributed by atoms with E-state index in [1.165, 1.54) is 0 Å². The van der Waals surface area contributed by atoms with E-state index in [9.17, 15) is 9.59 Å². The van der Waals surface area contributed by atoms with E-state index in [1.807, 2.05) is 23.1 Å². The normalized spacial score (nSPS) is 22.5. The minimum Gasteiger partial charge on any atom is -0.496 e. The molecule has 2 aliphatic rings. The van der Waals surface area contributed by atoms with Gasteiger partial charge in [-0.2, -0.15) is 0 Å². The molecule has 2 heterocycles. The van der Waals surface area contributed by atoms with E-state index >= 15 is 0 Å². The van der Waals surface area contributed by atoms with Gasteiger partial charge in [0.1, 0.15) is 5.75 Å². The maximum atomic E-state index is 12.7. The Morgan fingerprint density at radius 1 is 1.12 bits per heavy atom. The molecule has 0 saturated carbocycles. The topological polar surface area (TPSA) is 75.9 Å². The molecule has 0 spiro atoms. The molecule has 2 N–H and O–H groups in total. The van der Waals surface area contributed by atoms with Crippen LogP contribution in [0.1, 0.15) is 36.0 Å². The quantitative estimate of drug-likeness (QED) is 0.901. The molecule has 6 heteroatoms. The summed E-state index contributed by atoms with van der Waals surface area (Å²) in [6, 6.07) is 7.53. The first kappa shape index (κ1) is 16.8. The van der Waals surface area contributed by atoms with Crippen molar-refractivity contribution in [2.75, 3.05) is 26.7 Å². The van der Waals surface area contributed by atoms with Crippen LogP contribution in [0, 0.1) is 0 Å². The molecule has 2 fully saturated rings. The van der Waals surface area contributed by atoms with Crippen LogP contribution < -0.4 is 10.5 Å². The summed E-state index contributed by atoms with van der Waals surface area (Å²) >= 11 is 0. The van der Waals surface area contributed by atoms with Crippen LogP contribution in [0.2, 0.25) is 0 Å². The number of hydrogen-bond acceptors (Lipinski definition) is 4. The standard InChI is InChI=1S/C18H25N3O3/c1-24-16-7-3-2-5-14(16)18(23)20-11-8-13(9-12-20)21-10-4-6-15(21)17(19)22/h2-3,5,7,13,15H,4,6,8-12H2,1H3,(H2,19,22)/t15-/m0/s1. The number of hydrogen-bond donors (Lipinski definition) is 1. The van der Waals surface area contributed by atoms with Crippen LogP contribution in [0.15, 0.2) is 24.3 Å². The van der Waals surface area contributed by atoms with Gasteiger partial charge in [-0.3, -0.25) is 14.5 Å². The van der Waals surface area contributed by atoms with E-state index in [2.05, 4.69) is 4.90 Å². The second kappa shape index (κ2) is 7.21. The molecule has 0 aromatic heterocycles. The van der Waals surface area contributed by atoms with E-state index < -0.39 is 0 Å². The van der Waals surface area contributed by atoms with Crippen molar-refractivity contribution in [3.63, 3.8) is 0 Å². The molecule has 130 valence electrons. The monoisotopic (exact) mass is 331 g/mol. The Bertz CT molecular complexity index is 611. The predicted molar refractivity (Wildman–Crippen MR) is 90.8 cm³/mol. The number of carbonyl (C=O) groups excluding carboxylic acids is 2. The van der Waals surface area contributed by atoms with Gasteiger partial charge in [0.2, 0.25) is 5.91 Å². The highest BCUT2D eigenvalue weighted by molar-refractivity contribution is 5.97. The Labute approximate surface area is 142 Å². The molecule has 0 aliphatic carbocycles. The molecular formula is C18H25N3O3. The maximum absolute atomic E-state index is 12.7. The Kier molecular flexibility index (Phi) is 5.04. The first-order valence-corrected chi connectivity index (χ1v) is 8.59. The number of rotatable bonds is 4. The highest BCUT2D eigenvalue weighted by Gasteiger charge is 2.36. The van der Waals surface area contributed by atoms with Crippen LogP contribution in [-0.2, 0) is 4.79 Å². The largest absolute Gasteiger partial charge is 0.496 e. The number of carbonyl (C=O) groups is 2. The minimum atomic E-state index is -0.222. The first-order chi connectivity index (χ1) is 11.6.